The van der Waals surface area contributed by atoms with Gasteiger partial charge >= 0.3 is 5.97 Å². The monoisotopic (exact) mass is 297 g/mol. The molecule has 2 aromatic rings. The number of carboxylic acids is 1. The molecular formula is C12H11NO4S2. The van der Waals surface area contributed by atoms with Crippen molar-refractivity contribution < 1.29 is 18.3 Å². The summed E-state index contributed by atoms with van der Waals surface area (Å²) >= 11 is 1.19. The molecule has 0 spiro atoms. The maximum atomic E-state index is 12.1. The van der Waals surface area contributed by atoms with Gasteiger partial charge in [-0.3, -0.25) is 4.79 Å². The van der Waals surface area contributed by atoms with Crippen molar-refractivity contribution in [3.8, 4) is 0 Å². The van der Waals surface area contributed by atoms with Crippen LogP contribution in [0.1, 0.15) is 10.9 Å². The summed E-state index contributed by atoms with van der Waals surface area (Å²) < 4.78 is 26.3. The Morgan fingerprint density at radius 2 is 1.84 bits per heavy atom. The SMILES string of the molecule is O=C(O)C(NS(=O)(=O)c1ccccc1)c1cccs1. The van der Waals surface area contributed by atoms with Gasteiger partial charge in [-0.2, -0.15) is 4.72 Å². The molecule has 0 saturated carbocycles. The van der Waals surface area contributed by atoms with Gasteiger partial charge in [0.2, 0.25) is 10.0 Å². The molecule has 7 heteroatoms. The fourth-order valence-electron chi connectivity index (χ4n) is 1.51. The summed E-state index contributed by atoms with van der Waals surface area (Å²) in [6.07, 6.45) is 0. The Hall–Kier alpha value is -1.70. The van der Waals surface area contributed by atoms with Gasteiger partial charge in [-0.05, 0) is 23.6 Å². The van der Waals surface area contributed by atoms with Gasteiger partial charge in [0.15, 0.2) is 6.04 Å². The molecular weight excluding hydrogens is 286 g/mol. The van der Waals surface area contributed by atoms with Crippen molar-refractivity contribution in [2.24, 2.45) is 0 Å². The molecule has 0 amide bonds. The van der Waals surface area contributed by atoms with Gasteiger partial charge in [-0.25, -0.2) is 8.42 Å². The van der Waals surface area contributed by atoms with Crippen LogP contribution >= 0.6 is 11.3 Å². The van der Waals surface area contributed by atoms with Crippen LogP contribution in [-0.2, 0) is 14.8 Å². The van der Waals surface area contributed by atoms with Gasteiger partial charge in [0.05, 0.1) is 4.90 Å². The number of carbonyl (C=O) groups is 1. The predicted octanol–water partition coefficient (Wildman–Crippen LogP) is 1.85. The van der Waals surface area contributed by atoms with E-state index in [9.17, 15) is 13.2 Å². The summed E-state index contributed by atoms with van der Waals surface area (Å²) in [4.78, 5) is 11.7. The van der Waals surface area contributed by atoms with Crippen LogP contribution in [0.2, 0.25) is 0 Å². The summed E-state index contributed by atoms with van der Waals surface area (Å²) in [6.45, 7) is 0. The highest BCUT2D eigenvalue weighted by atomic mass is 32.2. The molecule has 0 aliphatic carbocycles. The van der Waals surface area contributed by atoms with Crippen molar-refractivity contribution in [3.05, 3.63) is 52.7 Å². The molecule has 0 fully saturated rings. The van der Waals surface area contributed by atoms with E-state index in [0.717, 1.165) is 0 Å². The zero-order valence-electron chi connectivity index (χ0n) is 9.68. The minimum atomic E-state index is -3.85. The van der Waals surface area contributed by atoms with Crippen LogP contribution < -0.4 is 4.72 Å². The molecule has 2 rings (SSSR count). The van der Waals surface area contributed by atoms with E-state index in [1.54, 1.807) is 35.7 Å². The van der Waals surface area contributed by atoms with Crippen molar-refractivity contribution >= 4 is 27.3 Å². The molecule has 2 N–H and O–H groups in total. The smallest absolute Gasteiger partial charge is 0.327 e. The van der Waals surface area contributed by atoms with E-state index >= 15 is 0 Å². The molecule has 0 saturated heterocycles. The number of benzene rings is 1. The number of aliphatic carboxylic acids is 1. The van der Waals surface area contributed by atoms with E-state index in [4.69, 9.17) is 5.11 Å². The summed E-state index contributed by atoms with van der Waals surface area (Å²) in [7, 11) is -3.85. The lowest BCUT2D eigenvalue weighted by Gasteiger charge is -2.13. The highest BCUT2D eigenvalue weighted by Gasteiger charge is 2.27. The largest absolute Gasteiger partial charge is 0.480 e. The average molecular weight is 297 g/mol. The van der Waals surface area contributed by atoms with Crippen LogP contribution in [0.3, 0.4) is 0 Å². The first-order valence-electron chi connectivity index (χ1n) is 5.34. The van der Waals surface area contributed by atoms with E-state index in [0.29, 0.717) is 4.88 Å². The maximum absolute atomic E-state index is 12.1. The van der Waals surface area contributed by atoms with Crippen LogP contribution in [0.4, 0.5) is 0 Å². The molecule has 1 aromatic carbocycles. The minimum Gasteiger partial charge on any atom is -0.480 e. The van der Waals surface area contributed by atoms with Crippen molar-refractivity contribution in [1.29, 1.82) is 0 Å². The van der Waals surface area contributed by atoms with Gasteiger partial charge in [-0.1, -0.05) is 24.3 Å². The Morgan fingerprint density at radius 3 is 2.37 bits per heavy atom. The molecule has 0 bridgehead atoms. The summed E-state index contributed by atoms with van der Waals surface area (Å²) in [5.74, 6) is -1.23. The van der Waals surface area contributed by atoms with Gasteiger partial charge < -0.3 is 5.11 Å². The number of hydrogen-bond acceptors (Lipinski definition) is 4. The Morgan fingerprint density at radius 1 is 1.16 bits per heavy atom. The van der Waals surface area contributed by atoms with Crippen LogP contribution in [0.5, 0.6) is 0 Å². The van der Waals surface area contributed by atoms with Crippen LogP contribution in [-0.4, -0.2) is 19.5 Å². The third-order valence-corrected chi connectivity index (χ3v) is 4.78. The molecule has 1 aromatic heterocycles. The maximum Gasteiger partial charge on any atom is 0.327 e. The number of sulfonamides is 1. The lowest BCUT2D eigenvalue weighted by Crippen LogP contribution is -2.33. The Balaban J connectivity index is 2.30. The molecule has 100 valence electrons. The van der Waals surface area contributed by atoms with Gasteiger partial charge in [0, 0.05) is 4.88 Å². The predicted molar refractivity (Wildman–Crippen MR) is 71.5 cm³/mol. The van der Waals surface area contributed by atoms with E-state index in [-0.39, 0.29) is 4.90 Å². The molecule has 0 aliphatic heterocycles. The minimum absolute atomic E-state index is 0.0396. The first-order chi connectivity index (χ1) is 9.00. The van der Waals surface area contributed by atoms with Crippen LogP contribution in [0, 0.1) is 0 Å². The first kappa shape index (κ1) is 13.7. The topological polar surface area (TPSA) is 83.5 Å². The van der Waals surface area contributed by atoms with E-state index in [1.165, 1.54) is 23.5 Å². The fraction of sp³-hybridized carbons (Fsp3) is 0.0833. The van der Waals surface area contributed by atoms with E-state index < -0.39 is 22.0 Å². The normalized spacial score (nSPS) is 13.1. The van der Waals surface area contributed by atoms with E-state index in [2.05, 4.69) is 4.72 Å². The number of carboxylic acid groups (broad SMARTS) is 1. The number of hydrogen-bond donors (Lipinski definition) is 2. The first-order valence-corrected chi connectivity index (χ1v) is 7.70. The molecule has 5 nitrogen and oxygen atoms in total. The Kier molecular flexibility index (Phi) is 3.98. The quantitative estimate of drug-likeness (QED) is 0.882. The van der Waals surface area contributed by atoms with Gasteiger partial charge in [0.25, 0.3) is 0 Å². The zero-order valence-corrected chi connectivity index (χ0v) is 11.3. The summed E-state index contributed by atoms with van der Waals surface area (Å²) in [6, 6.07) is 9.65. The highest BCUT2D eigenvalue weighted by molar-refractivity contribution is 7.89. The fourth-order valence-corrected chi connectivity index (χ4v) is 3.54. The second kappa shape index (κ2) is 5.52. The lowest BCUT2D eigenvalue weighted by atomic mass is 10.3. The third-order valence-electron chi connectivity index (χ3n) is 2.40. The third kappa shape index (κ3) is 3.19. The molecule has 0 aliphatic rings. The van der Waals surface area contributed by atoms with Crippen molar-refractivity contribution in [2.45, 2.75) is 10.9 Å². The molecule has 19 heavy (non-hydrogen) atoms. The van der Waals surface area contributed by atoms with Crippen molar-refractivity contribution in [1.82, 2.24) is 4.72 Å². The number of rotatable bonds is 5. The van der Waals surface area contributed by atoms with Gasteiger partial charge in [-0.15, -0.1) is 11.3 Å². The molecule has 0 radical (unpaired) electrons. The van der Waals surface area contributed by atoms with Crippen LogP contribution in [0.15, 0.2) is 52.7 Å². The summed E-state index contributed by atoms with van der Waals surface area (Å²) in [5.41, 5.74) is 0. The van der Waals surface area contributed by atoms with Gasteiger partial charge in [0.1, 0.15) is 0 Å². The number of nitrogens with one attached hydrogen (secondary N) is 1. The Labute approximate surface area is 114 Å². The average Bonchev–Trinajstić information content (AvgIpc) is 2.90. The number of thiophene rings is 1. The van der Waals surface area contributed by atoms with E-state index in [1.807, 2.05) is 0 Å². The molecule has 1 heterocycles. The second-order valence-corrected chi connectivity index (χ2v) is 6.41. The standard InChI is InChI=1S/C12H11NO4S2/c14-12(15)11(10-7-4-8-18-10)13-19(16,17)9-5-2-1-3-6-9/h1-8,11,13H,(H,14,15). The zero-order chi connectivity index (χ0) is 13.9. The van der Waals surface area contributed by atoms with Crippen LogP contribution in [0.25, 0.3) is 0 Å². The van der Waals surface area contributed by atoms with Crippen molar-refractivity contribution in [2.75, 3.05) is 0 Å². The Bertz CT molecular complexity index is 650. The highest BCUT2D eigenvalue weighted by Crippen LogP contribution is 2.21. The summed E-state index contributed by atoms with van der Waals surface area (Å²) in [5, 5.41) is 10.8. The lowest BCUT2D eigenvalue weighted by molar-refractivity contribution is -0.139. The van der Waals surface area contributed by atoms with Crippen molar-refractivity contribution in [3.63, 3.8) is 0 Å². The molecule has 1 atom stereocenters. The second-order valence-electron chi connectivity index (χ2n) is 3.72. The molecule has 1 unspecified atom stereocenters.